The van der Waals surface area contributed by atoms with Gasteiger partial charge in [0.1, 0.15) is 0 Å². The summed E-state index contributed by atoms with van der Waals surface area (Å²) in [7, 11) is 0. The molecular weight excluding hydrogens is 392 g/mol. The summed E-state index contributed by atoms with van der Waals surface area (Å²) in [6.07, 6.45) is 11.1. The third-order valence-corrected chi connectivity index (χ3v) is 5.95. The number of rotatable bonds is 4. The molecule has 0 radical (unpaired) electrons. The van der Waals surface area contributed by atoms with Crippen LogP contribution < -0.4 is 4.74 Å². The molecule has 2 aliphatic carbocycles. The van der Waals surface area contributed by atoms with Crippen LogP contribution in [0.15, 0.2) is 18.2 Å². The van der Waals surface area contributed by atoms with Gasteiger partial charge in [-0.1, -0.05) is 32.6 Å². The van der Waals surface area contributed by atoms with Crippen molar-refractivity contribution in [2.45, 2.75) is 64.7 Å². The van der Waals surface area contributed by atoms with E-state index >= 15 is 0 Å². The second-order valence-corrected chi connectivity index (χ2v) is 7.87. The van der Waals surface area contributed by atoms with Gasteiger partial charge in [0.15, 0.2) is 0 Å². The fraction of sp³-hybridized carbons (Fsp3) is 0.667. The maximum absolute atomic E-state index is 12.8. The summed E-state index contributed by atoms with van der Waals surface area (Å²) >= 11 is 0. The van der Waals surface area contributed by atoms with Gasteiger partial charge in [-0.05, 0) is 49.9 Å². The summed E-state index contributed by atoms with van der Waals surface area (Å²) in [5, 5.41) is 0. The number of hydrogen-bond donors (Lipinski definition) is 0. The van der Waals surface area contributed by atoms with E-state index in [-0.39, 0.29) is 44.6 Å². The topological polar surface area (TPSA) is 26.3 Å². The van der Waals surface area contributed by atoms with Gasteiger partial charge in [0.2, 0.25) is 0 Å². The molecule has 0 heterocycles. The maximum atomic E-state index is 12.8. The van der Waals surface area contributed by atoms with Crippen LogP contribution in [0.3, 0.4) is 0 Å². The number of esters is 1. The summed E-state index contributed by atoms with van der Waals surface area (Å²) < 4.78 is 18.2. The van der Waals surface area contributed by atoms with Crippen molar-refractivity contribution in [2.75, 3.05) is 0 Å². The van der Waals surface area contributed by atoms with Gasteiger partial charge in [-0.15, -0.1) is 24.3 Å². The molecule has 4 heteroatoms. The van der Waals surface area contributed by atoms with Crippen molar-refractivity contribution in [3.05, 3.63) is 30.1 Å². The molecule has 132 valence electrons. The predicted octanol–water partition coefficient (Wildman–Crippen LogP) is 5.55. The van der Waals surface area contributed by atoms with E-state index in [1.54, 1.807) is 0 Å². The Bertz CT molecular complexity index is 529. The van der Waals surface area contributed by atoms with E-state index < -0.39 is 5.82 Å². The fourth-order valence-corrected chi connectivity index (χ4v) is 4.32. The van der Waals surface area contributed by atoms with Crippen LogP contribution in [0.25, 0.3) is 0 Å². The molecule has 0 aromatic heterocycles. The average Bonchev–Trinajstić information content (AvgIpc) is 2.59. The van der Waals surface area contributed by atoms with Crippen LogP contribution in [0, 0.1) is 35.6 Å². The fourth-order valence-electron chi connectivity index (χ4n) is 4.32. The minimum Gasteiger partial charge on any atom is -0.490 e. The van der Waals surface area contributed by atoms with Gasteiger partial charge >= 0.3 is 38.7 Å². The second-order valence-electron chi connectivity index (χ2n) is 7.87. The average molecular weight is 420 g/mol. The maximum Gasteiger partial charge on any atom is 3.00 e. The number of hydrogen-bond acceptors (Lipinski definition) is 2. The van der Waals surface area contributed by atoms with Crippen molar-refractivity contribution in [2.24, 2.45) is 23.7 Å². The van der Waals surface area contributed by atoms with Gasteiger partial charge in [-0.2, -0.15) is 0 Å². The third kappa shape index (κ3) is 6.43. The molecule has 1 aromatic carbocycles. The summed E-state index contributed by atoms with van der Waals surface area (Å²) in [4.78, 5) is 12.3. The summed E-state index contributed by atoms with van der Waals surface area (Å²) in [5.74, 6) is 2.39. The zero-order valence-corrected chi connectivity index (χ0v) is 18.0. The Labute approximate surface area is 176 Å². The largest absolute Gasteiger partial charge is 3.00 e. The van der Waals surface area contributed by atoms with E-state index in [4.69, 9.17) is 4.74 Å². The van der Waals surface area contributed by atoms with E-state index in [9.17, 15) is 9.18 Å². The monoisotopic (exact) mass is 420 g/mol. The molecule has 0 spiro atoms. The summed E-state index contributed by atoms with van der Waals surface area (Å²) in [6, 6.07) is 6.57. The number of carbonyl (C=O) groups is 1. The molecule has 2 fully saturated rings. The molecule has 25 heavy (non-hydrogen) atoms. The van der Waals surface area contributed by atoms with Gasteiger partial charge in [0.25, 0.3) is 0 Å². The summed E-state index contributed by atoms with van der Waals surface area (Å²) in [6.45, 7) is 2.37. The first-order chi connectivity index (χ1) is 11.6. The summed E-state index contributed by atoms with van der Waals surface area (Å²) in [5.41, 5.74) is 0. The van der Waals surface area contributed by atoms with Crippen molar-refractivity contribution in [3.63, 3.8) is 0 Å². The van der Waals surface area contributed by atoms with E-state index in [0.29, 0.717) is 5.75 Å². The Morgan fingerprint density at radius 1 is 1.08 bits per heavy atom. The Kier molecular flexibility index (Phi) is 8.55. The molecular formula is C21H28FO2Y+2. The van der Waals surface area contributed by atoms with Gasteiger partial charge in [0, 0.05) is 11.6 Å². The third-order valence-electron chi connectivity index (χ3n) is 5.95. The van der Waals surface area contributed by atoms with E-state index in [0.717, 1.165) is 43.4 Å². The number of ether oxygens (including phenoxy) is 1. The zero-order valence-electron chi connectivity index (χ0n) is 15.2. The molecule has 2 nitrogen and oxygen atoms in total. The minimum absolute atomic E-state index is 0. The molecule has 3 rings (SSSR count). The van der Waals surface area contributed by atoms with Crippen molar-refractivity contribution in [1.82, 2.24) is 0 Å². The van der Waals surface area contributed by atoms with E-state index in [1.807, 2.05) is 0 Å². The van der Waals surface area contributed by atoms with Crippen LogP contribution in [0.2, 0.25) is 0 Å². The normalized spacial score (nSPS) is 29.5. The number of benzene rings is 1. The molecule has 2 saturated carbocycles. The van der Waals surface area contributed by atoms with Crippen LogP contribution in [-0.4, -0.2) is 5.97 Å². The van der Waals surface area contributed by atoms with Gasteiger partial charge in [-0.3, -0.25) is 4.79 Å². The van der Waals surface area contributed by atoms with Crippen molar-refractivity contribution in [1.29, 1.82) is 0 Å². The minimum atomic E-state index is -0.438. The Balaban J connectivity index is 0.00000225. The van der Waals surface area contributed by atoms with Crippen LogP contribution >= 0.6 is 0 Å². The Hall–Kier alpha value is -0.276. The van der Waals surface area contributed by atoms with Crippen LogP contribution in [0.1, 0.15) is 64.7 Å². The number of carbonyl (C=O) groups excluding carboxylic acids is 1. The Morgan fingerprint density at radius 3 is 2.24 bits per heavy atom. The molecule has 2 aliphatic rings. The van der Waals surface area contributed by atoms with Gasteiger partial charge < -0.3 is 4.74 Å². The van der Waals surface area contributed by atoms with Gasteiger partial charge in [-0.25, -0.2) is 4.39 Å². The molecule has 1 aromatic rings. The van der Waals surface area contributed by atoms with E-state index in [1.165, 1.54) is 50.3 Å². The molecule has 0 amide bonds. The van der Waals surface area contributed by atoms with Crippen LogP contribution in [-0.2, 0) is 37.5 Å². The van der Waals surface area contributed by atoms with Crippen LogP contribution in [0.4, 0.5) is 4.39 Å². The number of halogens is 1. The molecule has 0 aliphatic heterocycles. The first kappa shape index (κ1) is 21.0. The molecule has 0 unspecified atom stereocenters. The first-order valence-electron chi connectivity index (χ1n) is 9.49. The van der Waals surface area contributed by atoms with Crippen molar-refractivity contribution in [3.8, 4) is 5.75 Å². The molecule has 0 bridgehead atoms. The van der Waals surface area contributed by atoms with Crippen LogP contribution in [0.5, 0.6) is 5.75 Å². The molecule has 0 saturated heterocycles. The van der Waals surface area contributed by atoms with Crippen molar-refractivity contribution < 1.29 is 46.6 Å². The van der Waals surface area contributed by atoms with Gasteiger partial charge in [0.05, 0.1) is 5.92 Å². The SMILES string of the molecule is CC1CCC(CC2CCC(C(=O)Oc3c[c-]c(F)cc3)CC2)CC1.[Y+3]. The van der Waals surface area contributed by atoms with E-state index in [2.05, 4.69) is 13.0 Å². The molecule has 0 atom stereocenters. The smallest absolute Gasteiger partial charge is 0.490 e. The zero-order chi connectivity index (χ0) is 16.9. The Morgan fingerprint density at radius 2 is 1.68 bits per heavy atom. The standard InChI is InChI=1S/C21H28FO2.Y/c1-15-2-4-16(5-3-15)14-17-6-8-18(9-7-17)21(23)24-20-12-10-19(22)11-13-20;/h10,12-13,15-18H,2-9,14H2,1H3;/q-1;+3. The molecule has 0 N–H and O–H groups in total. The van der Waals surface area contributed by atoms with Crippen molar-refractivity contribution >= 4 is 5.97 Å². The first-order valence-corrected chi connectivity index (χ1v) is 9.49. The predicted molar refractivity (Wildman–Crippen MR) is 92.1 cm³/mol. The quantitative estimate of drug-likeness (QED) is 0.363. The second kappa shape index (κ2) is 10.2.